The number of nitrogens with one attached hydrogen (secondary N) is 1. The molecule has 1 aliphatic heterocycles. The van der Waals surface area contributed by atoms with Crippen molar-refractivity contribution in [2.45, 2.75) is 38.0 Å². The predicted molar refractivity (Wildman–Crippen MR) is 126 cm³/mol. The van der Waals surface area contributed by atoms with Gasteiger partial charge in [0.2, 0.25) is 0 Å². The monoisotopic (exact) mass is 441 g/mol. The maximum atomic E-state index is 12.0. The molecule has 1 fully saturated rings. The van der Waals surface area contributed by atoms with Crippen molar-refractivity contribution in [2.75, 3.05) is 28.4 Å². The third-order valence-corrected chi connectivity index (χ3v) is 6.95. The smallest absolute Gasteiger partial charge is 0.123 e. The minimum absolute atomic E-state index is 0.135. The molecule has 32 heavy (non-hydrogen) atoms. The summed E-state index contributed by atoms with van der Waals surface area (Å²) in [6, 6.07) is 11.1. The minimum atomic E-state index is -1.01. The molecule has 174 valence electrons. The molecular weight excluding hydrogens is 406 g/mol. The van der Waals surface area contributed by atoms with Crippen LogP contribution < -0.4 is 24.3 Å². The normalized spacial score (nSPS) is 27.5. The Labute approximate surface area is 191 Å². The van der Waals surface area contributed by atoms with E-state index in [4.69, 9.17) is 18.9 Å². The Bertz CT molecular complexity index is 876. The summed E-state index contributed by atoms with van der Waals surface area (Å²) in [7, 11) is 6.59. The van der Waals surface area contributed by atoms with Crippen molar-refractivity contribution in [1.82, 2.24) is 5.32 Å². The van der Waals surface area contributed by atoms with Crippen molar-refractivity contribution in [1.29, 1.82) is 0 Å². The molecule has 6 heteroatoms. The lowest BCUT2D eigenvalue weighted by atomic mass is 9.64. The number of ether oxygens (including phenoxy) is 4. The quantitative estimate of drug-likeness (QED) is 0.580. The maximum Gasteiger partial charge on any atom is 0.123 e. The van der Waals surface area contributed by atoms with Crippen LogP contribution in [0.25, 0.3) is 0 Å². The van der Waals surface area contributed by atoms with E-state index in [-0.39, 0.29) is 23.9 Å². The van der Waals surface area contributed by atoms with E-state index in [1.54, 1.807) is 34.5 Å². The second kappa shape index (κ2) is 9.84. The number of hydrogen-bond acceptors (Lipinski definition) is 6. The van der Waals surface area contributed by atoms with E-state index in [1.165, 1.54) is 0 Å². The molecule has 4 unspecified atom stereocenters. The molecule has 0 radical (unpaired) electrons. The molecule has 6 nitrogen and oxygen atoms in total. The zero-order valence-electron chi connectivity index (χ0n) is 19.8. The van der Waals surface area contributed by atoms with Crippen LogP contribution in [-0.4, -0.2) is 39.1 Å². The van der Waals surface area contributed by atoms with Gasteiger partial charge in [0, 0.05) is 35.0 Å². The van der Waals surface area contributed by atoms with Crippen molar-refractivity contribution in [3.05, 3.63) is 60.2 Å². The molecule has 0 bridgehead atoms. The zero-order valence-corrected chi connectivity index (χ0v) is 19.8. The molecule has 0 spiro atoms. The lowest BCUT2D eigenvalue weighted by molar-refractivity contribution is -0.108. The van der Waals surface area contributed by atoms with E-state index in [1.807, 2.05) is 36.4 Å². The second-order valence-corrected chi connectivity index (χ2v) is 8.40. The van der Waals surface area contributed by atoms with Gasteiger partial charge in [0.15, 0.2) is 0 Å². The first kappa shape index (κ1) is 24.0. The Morgan fingerprint density at radius 1 is 0.844 bits per heavy atom. The first-order chi connectivity index (χ1) is 15.3. The molecule has 0 aromatic heterocycles. The van der Waals surface area contributed by atoms with Crippen molar-refractivity contribution in [2.24, 2.45) is 11.8 Å². The molecule has 1 heterocycles. The first-order valence-electron chi connectivity index (χ1n) is 10.9. The third-order valence-electron chi connectivity index (χ3n) is 6.95. The van der Waals surface area contributed by atoms with Gasteiger partial charge in [-0.15, -0.1) is 6.58 Å². The lowest BCUT2D eigenvalue weighted by Crippen LogP contribution is -2.57. The molecule has 4 atom stereocenters. The average molecular weight is 442 g/mol. The number of methoxy groups -OCH3 is 4. The van der Waals surface area contributed by atoms with Crippen LogP contribution in [0.3, 0.4) is 0 Å². The van der Waals surface area contributed by atoms with E-state index in [0.717, 1.165) is 34.1 Å². The maximum absolute atomic E-state index is 12.0. The number of rotatable bonds is 8. The lowest BCUT2D eigenvalue weighted by Gasteiger charge is -2.52. The molecule has 0 saturated carbocycles. The largest absolute Gasteiger partial charge is 0.497 e. The van der Waals surface area contributed by atoms with Crippen LogP contribution in [0.1, 0.15) is 43.5 Å². The minimum Gasteiger partial charge on any atom is -0.497 e. The average Bonchev–Trinajstić information content (AvgIpc) is 2.82. The summed E-state index contributed by atoms with van der Waals surface area (Å²) in [4.78, 5) is 0. The molecule has 0 aliphatic carbocycles. The Hall–Kier alpha value is -2.70. The van der Waals surface area contributed by atoms with Gasteiger partial charge in [-0.2, -0.15) is 0 Å². The number of benzene rings is 2. The molecule has 1 aliphatic rings. The number of hydrogen-bond donors (Lipinski definition) is 2. The van der Waals surface area contributed by atoms with Crippen LogP contribution in [0.15, 0.2) is 49.1 Å². The number of piperidine rings is 1. The Kier molecular flexibility index (Phi) is 7.36. The van der Waals surface area contributed by atoms with Crippen LogP contribution in [0.5, 0.6) is 23.0 Å². The molecule has 0 amide bonds. The van der Waals surface area contributed by atoms with E-state index < -0.39 is 5.60 Å². The fourth-order valence-electron chi connectivity index (χ4n) is 4.96. The molecule has 2 aromatic carbocycles. The zero-order chi connectivity index (χ0) is 23.5. The Morgan fingerprint density at radius 2 is 1.28 bits per heavy atom. The summed E-state index contributed by atoms with van der Waals surface area (Å²) in [5.41, 5.74) is 0.853. The van der Waals surface area contributed by atoms with Gasteiger partial charge in [-0.05, 0) is 42.8 Å². The highest BCUT2D eigenvalue weighted by Gasteiger charge is 2.51. The van der Waals surface area contributed by atoms with Crippen LogP contribution in [0.4, 0.5) is 0 Å². The topological polar surface area (TPSA) is 69.2 Å². The van der Waals surface area contributed by atoms with Gasteiger partial charge in [-0.1, -0.05) is 19.9 Å². The third kappa shape index (κ3) is 4.17. The summed E-state index contributed by atoms with van der Waals surface area (Å²) >= 11 is 0. The highest BCUT2D eigenvalue weighted by Crippen LogP contribution is 2.51. The number of aliphatic hydroxyl groups is 1. The van der Waals surface area contributed by atoms with Crippen molar-refractivity contribution < 1.29 is 24.1 Å². The van der Waals surface area contributed by atoms with Crippen LogP contribution in [-0.2, 0) is 0 Å². The van der Waals surface area contributed by atoms with E-state index in [9.17, 15) is 5.11 Å². The van der Waals surface area contributed by atoms with Gasteiger partial charge in [-0.25, -0.2) is 0 Å². The van der Waals surface area contributed by atoms with Crippen LogP contribution in [0, 0.1) is 11.8 Å². The predicted octanol–water partition coefficient (Wildman–Crippen LogP) is 4.69. The highest BCUT2D eigenvalue weighted by atomic mass is 16.5. The summed E-state index contributed by atoms with van der Waals surface area (Å²) in [6.45, 7) is 8.05. The van der Waals surface area contributed by atoms with Crippen molar-refractivity contribution >= 4 is 0 Å². The standard InChI is InChI=1S/C26H35NO5/c1-8-13-26(28)16(2)24(20-14-18(29-4)9-11-22(20)31-6)27-25(17(26)3)21-15-19(30-5)10-12-23(21)32-7/h8-12,14-17,24-25,27-28H,1,13H2,2-7H3. The van der Waals surface area contributed by atoms with Crippen molar-refractivity contribution in [3.63, 3.8) is 0 Å². The first-order valence-corrected chi connectivity index (χ1v) is 10.9. The summed E-state index contributed by atoms with van der Waals surface area (Å²) in [5, 5.41) is 15.8. The highest BCUT2D eigenvalue weighted by molar-refractivity contribution is 5.46. The second-order valence-electron chi connectivity index (χ2n) is 8.40. The van der Waals surface area contributed by atoms with Crippen molar-refractivity contribution in [3.8, 4) is 23.0 Å². The molecular formula is C26H35NO5. The van der Waals surface area contributed by atoms with Gasteiger partial charge >= 0.3 is 0 Å². The van der Waals surface area contributed by atoms with Crippen LogP contribution in [0.2, 0.25) is 0 Å². The molecule has 2 N–H and O–H groups in total. The van der Waals surface area contributed by atoms with Gasteiger partial charge in [0.25, 0.3) is 0 Å². The fourth-order valence-corrected chi connectivity index (χ4v) is 4.96. The fraction of sp³-hybridized carbons (Fsp3) is 0.462. The van der Waals surface area contributed by atoms with Crippen LogP contribution >= 0.6 is 0 Å². The van der Waals surface area contributed by atoms with E-state index in [2.05, 4.69) is 25.7 Å². The Balaban J connectivity index is 2.18. The summed E-state index contributed by atoms with van der Waals surface area (Å²) in [5.74, 6) is 2.67. The van der Waals surface area contributed by atoms with Gasteiger partial charge in [0.1, 0.15) is 23.0 Å². The molecule has 3 rings (SSSR count). The molecule has 1 saturated heterocycles. The summed E-state index contributed by atoms with van der Waals surface area (Å²) < 4.78 is 22.3. The van der Waals surface area contributed by atoms with Gasteiger partial charge in [-0.3, -0.25) is 0 Å². The SMILES string of the molecule is C=CCC1(O)C(C)C(c2cc(OC)ccc2OC)NC(c2cc(OC)ccc2OC)C1C. The van der Waals surface area contributed by atoms with Gasteiger partial charge in [0.05, 0.1) is 34.0 Å². The molecule has 2 aromatic rings. The van der Waals surface area contributed by atoms with E-state index in [0.29, 0.717) is 6.42 Å². The van der Waals surface area contributed by atoms with E-state index >= 15 is 0 Å². The van der Waals surface area contributed by atoms with Gasteiger partial charge < -0.3 is 29.4 Å². The summed E-state index contributed by atoms with van der Waals surface area (Å²) in [6.07, 6.45) is 2.25. The Morgan fingerprint density at radius 3 is 1.62 bits per heavy atom.